The highest BCUT2D eigenvalue weighted by Crippen LogP contribution is 2.18. The standard InChI is InChI=1S/C9H6Br3N3/c10-7-3-1-6(2-4-7)5-15-13-8(11)9(12)14-15/h1-4H,5H2. The summed E-state index contributed by atoms with van der Waals surface area (Å²) in [4.78, 5) is 1.64. The van der Waals surface area contributed by atoms with Gasteiger partial charge in [0.15, 0.2) is 9.21 Å². The molecular weight excluding hydrogens is 390 g/mol. The van der Waals surface area contributed by atoms with E-state index in [9.17, 15) is 0 Å². The van der Waals surface area contributed by atoms with Crippen molar-refractivity contribution in [2.24, 2.45) is 0 Å². The molecule has 0 bridgehead atoms. The zero-order chi connectivity index (χ0) is 10.8. The number of benzene rings is 1. The molecule has 0 aliphatic rings. The predicted molar refractivity (Wildman–Crippen MR) is 68.7 cm³/mol. The van der Waals surface area contributed by atoms with Crippen LogP contribution in [-0.2, 0) is 6.54 Å². The van der Waals surface area contributed by atoms with Gasteiger partial charge in [0, 0.05) is 4.47 Å². The Balaban J connectivity index is 2.18. The van der Waals surface area contributed by atoms with Crippen molar-refractivity contribution < 1.29 is 0 Å². The molecule has 2 rings (SSSR count). The van der Waals surface area contributed by atoms with Crippen LogP contribution in [0.25, 0.3) is 0 Å². The topological polar surface area (TPSA) is 30.7 Å². The molecule has 0 unspecified atom stereocenters. The Hall–Kier alpha value is -0.200. The lowest BCUT2D eigenvalue weighted by atomic mass is 10.2. The van der Waals surface area contributed by atoms with Crippen LogP contribution in [0.15, 0.2) is 37.9 Å². The van der Waals surface area contributed by atoms with Gasteiger partial charge in [0.25, 0.3) is 0 Å². The predicted octanol–water partition coefficient (Wildman–Crippen LogP) is 3.61. The molecule has 0 aliphatic carbocycles. The summed E-state index contributed by atoms with van der Waals surface area (Å²) in [6, 6.07) is 8.08. The Morgan fingerprint density at radius 3 is 2.00 bits per heavy atom. The van der Waals surface area contributed by atoms with Crippen LogP contribution in [-0.4, -0.2) is 15.0 Å². The van der Waals surface area contributed by atoms with Gasteiger partial charge < -0.3 is 0 Å². The summed E-state index contributed by atoms with van der Waals surface area (Å²) in [5.74, 6) is 0. The van der Waals surface area contributed by atoms with Gasteiger partial charge in [-0.1, -0.05) is 28.1 Å². The smallest absolute Gasteiger partial charge is 0.162 e. The van der Waals surface area contributed by atoms with E-state index < -0.39 is 0 Å². The zero-order valence-electron chi connectivity index (χ0n) is 7.49. The van der Waals surface area contributed by atoms with E-state index >= 15 is 0 Å². The van der Waals surface area contributed by atoms with Crippen LogP contribution in [0.4, 0.5) is 0 Å². The molecule has 0 N–H and O–H groups in total. The number of hydrogen-bond acceptors (Lipinski definition) is 2. The summed E-state index contributed by atoms with van der Waals surface area (Å²) in [6.07, 6.45) is 0. The fraction of sp³-hybridized carbons (Fsp3) is 0.111. The first-order valence-electron chi connectivity index (χ1n) is 4.16. The lowest BCUT2D eigenvalue weighted by Gasteiger charge is -1.99. The van der Waals surface area contributed by atoms with Gasteiger partial charge in [-0.15, -0.1) is 10.2 Å². The normalized spacial score (nSPS) is 10.6. The first-order chi connectivity index (χ1) is 7.15. The second-order valence-corrected chi connectivity index (χ2v) is 5.36. The third-order valence-corrected chi connectivity index (χ3v) is 3.94. The van der Waals surface area contributed by atoms with Gasteiger partial charge in [-0.2, -0.15) is 4.80 Å². The Morgan fingerprint density at radius 1 is 0.933 bits per heavy atom. The minimum atomic E-state index is 0.664. The maximum atomic E-state index is 4.19. The van der Waals surface area contributed by atoms with E-state index in [0.29, 0.717) is 6.54 Å². The maximum Gasteiger partial charge on any atom is 0.162 e. The highest BCUT2D eigenvalue weighted by Gasteiger charge is 2.04. The van der Waals surface area contributed by atoms with Crippen molar-refractivity contribution >= 4 is 47.8 Å². The second-order valence-electron chi connectivity index (χ2n) is 2.94. The number of halogens is 3. The van der Waals surface area contributed by atoms with Gasteiger partial charge in [0.1, 0.15) is 0 Å². The molecule has 0 atom stereocenters. The minimum absolute atomic E-state index is 0.664. The molecule has 0 aliphatic heterocycles. The molecule has 2 aromatic rings. The minimum Gasteiger partial charge on any atom is -0.178 e. The van der Waals surface area contributed by atoms with Crippen molar-refractivity contribution in [1.82, 2.24) is 15.0 Å². The van der Waals surface area contributed by atoms with Crippen LogP contribution in [0, 0.1) is 0 Å². The lowest BCUT2D eigenvalue weighted by molar-refractivity contribution is 0.586. The van der Waals surface area contributed by atoms with E-state index in [4.69, 9.17) is 0 Å². The molecular formula is C9H6Br3N3. The van der Waals surface area contributed by atoms with E-state index in [2.05, 4.69) is 58.0 Å². The van der Waals surface area contributed by atoms with Crippen LogP contribution in [0.5, 0.6) is 0 Å². The Morgan fingerprint density at radius 2 is 1.47 bits per heavy atom. The van der Waals surface area contributed by atoms with Crippen LogP contribution >= 0.6 is 47.8 Å². The largest absolute Gasteiger partial charge is 0.178 e. The first kappa shape index (κ1) is 11.3. The highest BCUT2D eigenvalue weighted by molar-refractivity contribution is 9.13. The van der Waals surface area contributed by atoms with Crippen molar-refractivity contribution in [3.05, 3.63) is 43.5 Å². The van der Waals surface area contributed by atoms with Gasteiger partial charge in [0.2, 0.25) is 0 Å². The van der Waals surface area contributed by atoms with Crippen molar-refractivity contribution in [3.63, 3.8) is 0 Å². The van der Waals surface area contributed by atoms with E-state index in [1.807, 2.05) is 24.3 Å². The summed E-state index contributed by atoms with van der Waals surface area (Å²) in [5, 5.41) is 8.38. The zero-order valence-corrected chi connectivity index (χ0v) is 12.3. The Bertz CT molecular complexity index is 444. The van der Waals surface area contributed by atoms with Crippen molar-refractivity contribution in [2.45, 2.75) is 6.54 Å². The lowest BCUT2D eigenvalue weighted by Crippen LogP contribution is -2.03. The fourth-order valence-electron chi connectivity index (χ4n) is 1.13. The molecule has 15 heavy (non-hydrogen) atoms. The molecule has 1 aromatic carbocycles. The number of nitrogens with zero attached hydrogens (tertiary/aromatic N) is 3. The van der Waals surface area contributed by atoms with Crippen LogP contribution in [0.3, 0.4) is 0 Å². The highest BCUT2D eigenvalue weighted by atomic mass is 79.9. The number of aromatic nitrogens is 3. The average molecular weight is 396 g/mol. The number of hydrogen-bond donors (Lipinski definition) is 0. The summed E-state index contributed by atoms with van der Waals surface area (Å²) in [5.41, 5.74) is 1.16. The van der Waals surface area contributed by atoms with Gasteiger partial charge in [-0.05, 0) is 49.6 Å². The molecule has 0 saturated heterocycles. The fourth-order valence-corrected chi connectivity index (χ4v) is 1.92. The first-order valence-corrected chi connectivity index (χ1v) is 6.53. The Kier molecular flexibility index (Phi) is 3.58. The molecule has 3 nitrogen and oxygen atoms in total. The summed E-state index contributed by atoms with van der Waals surface area (Å²) in [6.45, 7) is 0.664. The summed E-state index contributed by atoms with van der Waals surface area (Å²) >= 11 is 9.98. The summed E-state index contributed by atoms with van der Waals surface area (Å²) < 4.78 is 2.52. The molecule has 0 saturated carbocycles. The van der Waals surface area contributed by atoms with Crippen molar-refractivity contribution in [2.75, 3.05) is 0 Å². The number of rotatable bonds is 2. The molecule has 0 spiro atoms. The van der Waals surface area contributed by atoms with E-state index in [-0.39, 0.29) is 0 Å². The monoisotopic (exact) mass is 393 g/mol. The van der Waals surface area contributed by atoms with E-state index in [1.54, 1.807) is 4.80 Å². The van der Waals surface area contributed by atoms with Crippen molar-refractivity contribution in [1.29, 1.82) is 0 Å². The summed E-state index contributed by atoms with van der Waals surface area (Å²) in [7, 11) is 0. The van der Waals surface area contributed by atoms with Gasteiger partial charge in [-0.25, -0.2) is 0 Å². The molecule has 1 heterocycles. The SMILES string of the molecule is Brc1ccc(Cn2nc(Br)c(Br)n2)cc1. The van der Waals surface area contributed by atoms with Gasteiger partial charge >= 0.3 is 0 Å². The molecule has 78 valence electrons. The van der Waals surface area contributed by atoms with Crippen LogP contribution in [0.2, 0.25) is 0 Å². The van der Waals surface area contributed by atoms with Crippen LogP contribution in [0.1, 0.15) is 5.56 Å². The average Bonchev–Trinajstić information content (AvgIpc) is 2.50. The van der Waals surface area contributed by atoms with E-state index in [0.717, 1.165) is 19.2 Å². The molecule has 6 heteroatoms. The molecule has 0 fully saturated rings. The van der Waals surface area contributed by atoms with Crippen LogP contribution < -0.4 is 0 Å². The molecule has 1 aromatic heterocycles. The Labute approximate surface area is 112 Å². The molecule has 0 radical (unpaired) electrons. The maximum absolute atomic E-state index is 4.19. The van der Waals surface area contributed by atoms with E-state index in [1.165, 1.54) is 0 Å². The van der Waals surface area contributed by atoms with Gasteiger partial charge in [-0.3, -0.25) is 0 Å². The molecule has 0 amide bonds. The van der Waals surface area contributed by atoms with Gasteiger partial charge in [0.05, 0.1) is 6.54 Å². The quantitative estimate of drug-likeness (QED) is 0.777. The third kappa shape index (κ3) is 2.89. The third-order valence-electron chi connectivity index (χ3n) is 1.81. The van der Waals surface area contributed by atoms with Crippen molar-refractivity contribution in [3.8, 4) is 0 Å². The second kappa shape index (κ2) is 4.76.